The number of fused-ring (bicyclic) bond motifs is 1. The fourth-order valence-corrected chi connectivity index (χ4v) is 6.19. The van der Waals surface area contributed by atoms with E-state index in [1.54, 1.807) is 23.7 Å². The van der Waals surface area contributed by atoms with Crippen LogP contribution < -0.4 is 4.90 Å². The molecule has 3 saturated heterocycles. The number of thiazole rings is 1. The maximum atomic E-state index is 13.4. The molecule has 3 fully saturated rings. The van der Waals surface area contributed by atoms with Gasteiger partial charge >= 0.3 is 0 Å². The molecule has 0 radical (unpaired) electrons. The van der Waals surface area contributed by atoms with Crippen LogP contribution in [0.25, 0.3) is 0 Å². The molecule has 8 heteroatoms. The van der Waals surface area contributed by atoms with Crippen molar-refractivity contribution in [1.29, 1.82) is 0 Å². The first-order chi connectivity index (χ1) is 13.6. The minimum absolute atomic E-state index is 0.00736. The van der Waals surface area contributed by atoms with Gasteiger partial charge in [-0.05, 0) is 38.4 Å². The molecule has 1 amide bonds. The lowest BCUT2D eigenvalue weighted by molar-refractivity contribution is -0.141. The summed E-state index contributed by atoms with van der Waals surface area (Å²) < 4.78 is 0. The summed E-state index contributed by atoms with van der Waals surface area (Å²) in [5, 5.41) is 3.21. The predicted molar refractivity (Wildman–Crippen MR) is 108 cm³/mol. The van der Waals surface area contributed by atoms with Crippen molar-refractivity contribution in [2.75, 3.05) is 44.7 Å². The van der Waals surface area contributed by atoms with Crippen molar-refractivity contribution in [2.45, 2.75) is 25.8 Å². The molecule has 3 aliphatic heterocycles. The molecule has 0 bridgehead atoms. The van der Waals surface area contributed by atoms with Gasteiger partial charge < -0.3 is 9.80 Å². The number of anilines is 1. The van der Waals surface area contributed by atoms with Gasteiger partial charge in [0.05, 0.1) is 12.0 Å². The quantitative estimate of drug-likeness (QED) is 0.787. The van der Waals surface area contributed by atoms with Crippen LogP contribution in [-0.2, 0) is 11.3 Å². The van der Waals surface area contributed by atoms with Crippen LogP contribution in [0.4, 0.5) is 5.95 Å². The zero-order valence-corrected chi connectivity index (χ0v) is 17.1. The first kappa shape index (κ1) is 18.0. The van der Waals surface area contributed by atoms with E-state index in [4.69, 9.17) is 0 Å². The van der Waals surface area contributed by atoms with Gasteiger partial charge in [-0.1, -0.05) is 0 Å². The largest absolute Gasteiger partial charge is 0.345 e. The highest BCUT2D eigenvalue weighted by Crippen LogP contribution is 2.58. The van der Waals surface area contributed by atoms with Gasteiger partial charge in [-0.15, -0.1) is 11.3 Å². The fraction of sp³-hybridized carbons (Fsp3) is 0.600. The summed E-state index contributed by atoms with van der Waals surface area (Å²) in [5.41, 5.74) is -0.290. The third-order valence-electron chi connectivity index (χ3n) is 7.09. The Hall–Kier alpha value is -2.06. The van der Waals surface area contributed by atoms with Gasteiger partial charge in [0.2, 0.25) is 11.9 Å². The number of hydrogen-bond acceptors (Lipinski definition) is 7. The molecule has 2 aromatic heterocycles. The maximum Gasteiger partial charge on any atom is 0.231 e. The Morgan fingerprint density at radius 2 is 1.82 bits per heavy atom. The first-order valence-electron chi connectivity index (χ1n) is 10.0. The van der Waals surface area contributed by atoms with Gasteiger partial charge in [0, 0.05) is 56.1 Å². The second kappa shape index (κ2) is 6.77. The van der Waals surface area contributed by atoms with Crippen LogP contribution in [0, 0.1) is 10.8 Å². The highest BCUT2D eigenvalue weighted by atomic mass is 32.1. The minimum atomic E-state index is -0.297. The molecule has 148 valence electrons. The lowest BCUT2D eigenvalue weighted by atomic mass is 9.60. The summed E-state index contributed by atoms with van der Waals surface area (Å²) in [6.45, 7) is 5.42. The molecule has 2 aromatic rings. The number of piperidine rings is 1. The van der Waals surface area contributed by atoms with E-state index in [1.165, 1.54) is 5.01 Å². The van der Waals surface area contributed by atoms with Crippen molar-refractivity contribution in [2.24, 2.45) is 10.8 Å². The number of rotatable bonds is 3. The lowest BCUT2D eigenvalue weighted by Crippen LogP contribution is -2.52. The molecule has 5 heterocycles. The average molecular weight is 399 g/mol. The zero-order chi connectivity index (χ0) is 19.2. The third-order valence-corrected chi connectivity index (χ3v) is 7.85. The van der Waals surface area contributed by atoms with Crippen molar-refractivity contribution in [3.05, 3.63) is 35.0 Å². The summed E-state index contributed by atoms with van der Waals surface area (Å²) in [6.07, 6.45) is 8.49. The molecule has 0 aromatic carbocycles. The van der Waals surface area contributed by atoms with Crippen molar-refractivity contribution in [3.8, 4) is 0 Å². The van der Waals surface area contributed by atoms with Gasteiger partial charge in [0.1, 0.15) is 5.01 Å². The smallest absolute Gasteiger partial charge is 0.231 e. The van der Waals surface area contributed by atoms with Crippen LogP contribution >= 0.6 is 11.3 Å². The van der Waals surface area contributed by atoms with Gasteiger partial charge in [-0.3, -0.25) is 9.69 Å². The molecular weight excluding hydrogens is 372 g/mol. The molecule has 5 rings (SSSR count). The molecule has 1 atom stereocenters. The number of hydrogen-bond donors (Lipinski definition) is 0. The van der Waals surface area contributed by atoms with Gasteiger partial charge in [-0.2, -0.15) is 0 Å². The monoisotopic (exact) mass is 398 g/mol. The van der Waals surface area contributed by atoms with E-state index >= 15 is 0 Å². The number of likely N-dealkylation sites (tertiary alicyclic amines) is 2. The topological polar surface area (TPSA) is 65.5 Å². The van der Waals surface area contributed by atoms with Crippen LogP contribution in [0.15, 0.2) is 30.0 Å². The number of nitrogens with zero attached hydrogens (tertiary/aromatic N) is 6. The molecular formula is C20H26N6OS. The summed E-state index contributed by atoms with van der Waals surface area (Å²) in [5.74, 6) is 1.07. The van der Waals surface area contributed by atoms with Crippen molar-refractivity contribution in [1.82, 2.24) is 24.8 Å². The van der Waals surface area contributed by atoms with E-state index in [-0.39, 0.29) is 10.8 Å². The second-order valence-electron chi connectivity index (χ2n) is 8.45. The molecule has 28 heavy (non-hydrogen) atoms. The number of amides is 1. The van der Waals surface area contributed by atoms with Crippen molar-refractivity contribution < 1.29 is 4.79 Å². The number of aromatic nitrogens is 3. The van der Waals surface area contributed by atoms with Crippen LogP contribution in [0.3, 0.4) is 0 Å². The van der Waals surface area contributed by atoms with E-state index in [1.807, 2.05) is 29.6 Å². The SMILES string of the molecule is CN1CC[C@]2(CN(c3ncccn3)CC23CCN(Cc2nccs2)CC3)C1=O. The van der Waals surface area contributed by atoms with E-state index in [0.717, 1.165) is 64.5 Å². The van der Waals surface area contributed by atoms with Crippen LogP contribution in [0.1, 0.15) is 24.3 Å². The Bertz CT molecular complexity index is 836. The molecule has 3 aliphatic rings. The molecule has 7 nitrogen and oxygen atoms in total. The molecule has 0 saturated carbocycles. The first-order valence-corrected chi connectivity index (χ1v) is 10.9. The van der Waals surface area contributed by atoms with Crippen molar-refractivity contribution in [3.63, 3.8) is 0 Å². The third kappa shape index (κ3) is 2.73. The molecule has 0 unspecified atom stereocenters. The predicted octanol–water partition coefficient (Wildman–Crippen LogP) is 1.88. The van der Waals surface area contributed by atoms with Gasteiger partial charge in [0.15, 0.2) is 0 Å². The summed E-state index contributed by atoms with van der Waals surface area (Å²) in [4.78, 5) is 33.4. The number of carbonyl (C=O) groups is 1. The van der Waals surface area contributed by atoms with E-state index in [9.17, 15) is 4.79 Å². The average Bonchev–Trinajstić information content (AvgIpc) is 3.42. The summed E-state index contributed by atoms with van der Waals surface area (Å²) >= 11 is 1.72. The van der Waals surface area contributed by atoms with E-state index in [2.05, 4.69) is 24.8 Å². The number of carbonyl (C=O) groups excluding carboxylic acids is 1. The molecule has 0 aliphatic carbocycles. The van der Waals surface area contributed by atoms with Gasteiger partial charge in [-0.25, -0.2) is 15.0 Å². The highest BCUT2D eigenvalue weighted by molar-refractivity contribution is 7.09. The standard InChI is InChI=1S/C20H26N6OS/c1-24-9-5-20(17(24)27)15-26(18-22-6-2-7-23-18)14-19(20)3-10-25(11-4-19)13-16-21-8-12-28-16/h2,6-8,12H,3-5,9-11,13-15H2,1H3/t20-/m0/s1. The van der Waals surface area contributed by atoms with Crippen molar-refractivity contribution >= 4 is 23.2 Å². The Kier molecular flexibility index (Phi) is 4.35. The van der Waals surface area contributed by atoms with Gasteiger partial charge in [0.25, 0.3) is 0 Å². The van der Waals surface area contributed by atoms with E-state index in [0.29, 0.717) is 5.91 Å². The molecule has 2 spiro atoms. The summed E-state index contributed by atoms with van der Waals surface area (Å²) in [7, 11) is 1.95. The maximum absolute atomic E-state index is 13.4. The normalized spacial score (nSPS) is 27.4. The minimum Gasteiger partial charge on any atom is -0.345 e. The second-order valence-corrected chi connectivity index (χ2v) is 9.43. The Morgan fingerprint density at radius 1 is 1.04 bits per heavy atom. The van der Waals surface area contributed by atoms with Crippen LogP contribution in [-0.4, -0.2) is 70.4 Å². The highest BCUT2D eigenvalue weighted by Gasteiger charge is 2.65. The zero-order valence-electron chi connectivity index (χ0n) is 16.3. The summed E-state index contributed by atoms with van der Waals surface area (Å²) in [6, 6.07) is 1.84. The lowest BCUT2D eigenvalue weighted by Gasteiger charge is -2.46. The Morgan fingerprint density at radius 3 is 2.46 bits per heavy atom. The van der Waals surface area contributed by atoms with E-state index < -0.39 is 0 Å². The van der Waals surface area contributed by atoms with Crippen LogP contribution in [0.2, 0.25) is 0 Å². The van der Waals surface area contributed by atoms with Crippen LogP contribution in [0.5, 0.6) is 0 Å². The molecule has 0 N–H and O–H groups in total. The fourth-order valence-electron chi connectivity index (χ4n) is 5.53. The Balaban J connectivity index is 1.40. The Labute approximate surface area is 169 Å².